The summed E-state index contributed by atoms with van der Waals surface area (Å²) in [5, 5.41) is 8.90. The highest BCUT2D eigenvalue weighted by Gasteiger charge is 2.20. The second kappa shape index (κ2) is 8.16. The summed E-state index contributed by atoms with van der Waals surface area (Å²) in [4.78, 5) is 12.1. The molecule has 2 N–H and O–H groups in total. The van der Waals surface area contributed by atoms with Crippen molar-refractivity contribution in [2.45, 2.75) is 19.3 Å². The molecule has 1 heterocycles. The lowest BCUT2D eigenvalue weighted by Crippen LogP contribution is -2.38. The van der Waals surface area contributed by atoms with Gasteiger partial charge in [-0.15, -0.1) is 12.4 Å². The van der Waals surface area contributed by atoms with Gasteiger partial charge in [0.1, 0.15) is 0 Å². The van der Waals surface area contributed by atoms with Crippen molar-refractivity contribution in [1.82, 2.24) is 10.6 Å². The number of halogens is 1. The van der Waals surface area contributed by atoms with Crippen LogP contribution in [0, 0.1) is 5.92 Å². The number of piperidine rings is 1. The van der Waals surface area contributed by atoms with Gasteiger partial charge in [0.15, 0.2) is 0 Å². The standard InChI is InChI=1S/C18H22N2O.ClH/c21-18(16-8-10-19-11-9-16)20-12-7-14-5-6-15-3-1-2-4-17(15)13-14;/h1-6,13,16,19H,7-12H2,(H,20,21);1H. The highest BCUT2D eigenvalue weighted by molar-refractivity contribution is 5.85. The Morgan fingerprint density at radius 1 is 1.09 bits per heavy atom. The first-order valence-electron chi connectivity index (χ1n) is 7.79. The van der Waals surface area contributed by atoms with Crippen LogP contribution in [0.2, 0.25) is 0 Å². The number of carbonyl (C=O) groups is 1. The summed E-state index contributed by atoms with van der Waals surface area (Å²) in [5.74, 6) is 0.417. The minimum atomic E-state index is 0. The summed E-state index contributed by atoms with van der Waals surface area (Å²) in [7, 11) is 0. The van der Waals surface area contributed by atoms with E-state index in [9.17, 15) is 4.79 Å². The molecule has 1 amide bonds. The van der Waals surface area contributed by atoms with Crippen LogP contribution >= 0.6 is 12.4 Å². The Bertz CT molecular complexity index is 623. The van der Waals surface area contributed by atoms with Crippen LogP contribution in [0.5, 0.6) is 0 Å². The van der Waals surface area contributed by atoms with E-state index >= 15 is 0 Å². The van der Waals surface area contributed by atoms with Gasteiger partial charge in [0, 0.05) is 12.5 Å². The lowest BCUT2D eigenvalue weighted by molar-refractivity contribution is -0.125. The highest BCUT2D eigenvalue weighted by atomic mass is 35.5. The van der Waals surface area contributed by atoms with Crippen molar-refractivity contribution in [3.05, 3.63) is 48.0 Å². The molecule has 3 nitrogen and oxygen atoms in total. The van der Waals surface area contributed by atoms with Gasteiger partial charge in [-0.05, 0) is 48.7 Å². The van der Waals surface area contributed by atoms with E-state index in [1.807, 2.05) is 0 Å². The summed E-state index contributed by atoms with van der Waals surface area (Å²) >= 11 is 0. The molecule has 1 aliphatic rings. The highest BCUT2D eigenvalue weighted by Crippen LogP contribution is 2.16. The molecule has 0 radical (unpaired) electrons. The zero-order valence-electron chi connectivity index (χ0n) is 12.7. The van der Waals surface area contributed by atoms with Gasteiger partial charge in [-0.3, -0.25) is 4.79 Å². The van der Waals surface area contributed by atoms with Gasteiger partial charge < -0.3 is 10.6 Å². The average molecular weight is 319 g/mol. The smallest absolute Gasteiger partial charge is 0.223 e. The molecule has 2 aromatic rings. The maximum Gasteiger partial charge on any atom is 0.223 e. The molecule has 1 saturated heterocycles. The van der Waals surface area contributed by atoms with Crippen molar-refractivity contribution in [3.63, 3.8) is 0 Å². The average Bonchev–Trinajstić information content (AvgIpc) is 2.55. The van der Waals surface area contributed by atoms with E-state index in [4.69, 9.17) is 0 Å². The van der Waals surface area contributed by atoms with E-state index in [0.29, 0.717) is 0 Å². The molecule has 0 unspecified atom stereocenters. The third-order valence-electron chi connectivity index (χ3n) is 4.24. The molecule has 118 valence electrons. The molecule has 0 atom stereocenters. The monoisotopic (exact) mass is 318 g/mol. The van der Waals surface area contributed by atoms with Crippen LogP contribution in [0.4, 0.5) is 0 Å². The molecule has 1 aliphatic heterocycles. The molecular weight excluding hydrogens is 296 g/mol. The molecule has 0 aromatic heterocycles. The molecule has 0 aliphatic carbocycles. The lowest BCUT2D eigenvalue weighted by Gasteiger charge is -2.21. The van der Waals surface area contributed by atoms with Crippen LogP contribution in [0.25, 0.3) is 10.8 Å². The Hall–Kier alpha value is -1.58. The number of carbonyl (C=O) groups excluding carboxylic acids is 1. The first-order chi connectivity index (χ1) is 10.3. The predicted octanol–water partition coefficient (Wildman–Crippen LogP) is 2.92. The first-order valence-corrected chi connectivity index (χ1v) is 7.79. The van der Waals surface area contributed by atoms with Crippen LogP contribution in [0.1, 0.15) is 18.4 Å². The molecule has 22 heavy (non-hydrogen) atoms. The van der Waals surface area contributed by atoms with E-state index < -0.39 is 0 Å². The summed E-state index contributed by atoms with van der Waals surface area (Å²) < 4.78 is 0. The largest absolute Gasteiger partial charge is 0.356 e. The fraction of sp³-hybridized carbons (Fsp3) is 0.389. The van der Waals surface area contributed by atoms with Crippen LogP contribution < -0.4 is 10.6 Å². The van der Waals surface area contributed by atoms with Crippen molar-refractivity contribution in [2.75, 3.05) is 19.6 Å². The van der Waals surface area contributed by atoms with Crippen molar-refractivity contribution in [1.29, 1.82) is 0 Å². The van der Waals surface area contributed by atoms with Gasteiger partial charge in [-0.2, -0.15) is 0 Å². The maximum absolute atomic E-state index is 12.1. The minimum absolute atomic E-state index is 0. The number of rotatable bonds is 4. The quantitative estimate of drug-likeness (QED) is 0.910. The number of hydrogen-bond donors (Lipinski definition) is 2. The van der Waals surface area contributed by atoms with E-state index in [0.717, 1.165) is 38.9 Å². The minimum Gasteiger partial charge on any atom is -0.356 e. The molecule has 0 bridgehead atoms. The van der Waals surface area contributed by atoms with Gasteiger partial charge in [-0.1, -0.05) is 42.5 Å². The van der Waals surface area contributed by atoms with Crippen molar-refractivity contribution >= 4 is 29.1 Å². The zero-order valence-corrected chi connectivity index (χ0v) is 13.5. The number of fused-ring (bicyclic) bond motifs is 1. The summed E-state index contributed by atoms with van der Waals surface area (Å²) in [6.07, 6.45) is 2.81. The Labute approximate surface area is 137 Å². The Morgan fingerprint density at radius 3 is 2.59 bits per heavy atom. The Balaban J connectivity index is 0.00000176. The predicted molar refractivity (Wildman–Crippen MR) is 93.5 cm³/mol. The molecule has 3 rings (SSSR count). The van der Waals surface area contributed by atoms with Gasteiger partial charge in [0.25, 0.3) is 0 Å². The topological polar surface area (TPSA) is 41.1 Å². The molecule has 1 fully saturated rings. The number of hydrogen-bond acceptors (Lipinski definition) is 2. The summed E-state index contributed by atoms with van der Waals surface area (Å²) in [6.45, 7) is 2.65. The van der Waals surface area contributed by atoms with E-state index in [1.165, 1.54) is 16.3 Å². The molecule has 0 saturated carbocycles. The van der Waals surface area contributed by atoms with Crippen LogP contribution in [-0.4, -0.2) is 25.5 Å². The fourth-order valence-electron chi connectivity index (χ4n) is 2.95. The second-order valence-corrected chi connectivity index (χ2v) is 5.75. The lowest BCUT2D eigenvalue weighted by atomic mass is 9.97. The number of nitrogens with one attached hydrogen (secondary N) is 2. The van der Waals surface area contributed by atoms with Crippen molar-refractivity contribution in [3.8, 4) is 0 Å². The fourth-order valence-corrected chi connectivity index (χ4v) is 2.95. The number of amides is 1. The Kier molecular flexibility index (Phi) is 6.22. The Morgan fingerprint density at radius 2 is 1.82 bits per heavy atom. The maximum atomic E-state index is 12.1. The third-order valence-corrected chi connectivity index (χ3v) is 4.24. The van der Waals surface area contributed by atoms with Crippen LogP contribution in [0.3, 0.4) is 0 Å². The summed E-state index contributed by atoms with van der Waals surface area (Å²) in [6, 6.07) is 14.9. The van der Waals surface area contributed by atoms with Crippen LogP contribution in [-0.2, 0) is 11.2 Å². The summed E-state index contributed by atoms with van der Waals surface area (Å²) in [5.41, 5.74) is 1.28. The first kappa shape index (κ1) is 16.8. The normalized spacial score (nSPS) is 15.3. The third kappa shape index (κ3) is 4.21. The van der Waals surface area contributed by atoms with Crippen LogP contribution in [0.15, 0.2) is 42.5 Å². The zero-order chi connectivity index (χ0) is 14.5. The van der Waals surface area contributed by atoms with Gasteiger partial charge in [-0.25, -0.2) is 0 Å². The van der Waals surface area contributed by atoms with Gasteiger partial charge >= 0.3 is 0 Å². The van der Waals surface area contributed by atoms with E-state index in [-0.39, 0.29) is 24.2 Å². The molecule has 0 spiro atoms. The van der Waals surface area contributed by atoms with Gasteiger partial charge in [0.2, 0.25) is 5.91 Å². The second-order valence-electron chi connectivity index (χ2n) is 5.75. The number of benzene rings is 2. The van der Waals surface area contributed by atoms with Gasteiger partial charge in [0.05, 0.1) is 0 Å². The van der Waals surface area contributed by atoms with Crippen molar-refractivity contribution in [2.24, 2.45) is 5.92 Å². The molecular formula is C18H23ClN2O. The SMILES string of the molecule is Cl.O=C(NCCc1ccc2ccccc2c1)C1CCNCC1. The van der Waals surface area contributed by atoms with E-state index in [1.54, 1.807) is 0 Å². The molecule has 4 heteroatoms. The van der Waals surface area contributed by atoms with Crippen molar-refractivity contribution < 1.29 is 4.79 Å². The molecule has 2 aromatic carbocycles. The van der Waals surface area contributed by atoms with E-state index in [2.05, 4.69) is 53.1 Å².